The molecule has 0 atom stereocenters. The Morgan fingerprint density at radius 1 is 1.06 bits per heavy atom. The summed E-state index contributed by atoms with van der Waals surface area (Å²) in [6, 6.07) is 0. The van der Waals surface area contributed by atoms with Crippen molar-refractivity contribution >= 4 is 11.9 Å². The van der Waals surface area contributed by atoms with E-state index in [4.69, 9.17) is 5.11 Å². The first-order valence-electron chi connectivity index (χ1n) is 7.15. The molecule has 1 saturated carbocycles. The summed E-state index contributed by atoms with van der Waals surface area (Å²) in [6.07, 6.45) is 9.79. The second-order valence-electron chi connectivity index (χ2n) is 5.31. The van der Waals surface area contributed by atoms with Crippen LogP contribution in [0.3, 0.4) is 0 Å². The first kappa shape index (κ1) is 15.0. The molecule has 0 radical (unpaired) electrons. The third kappa shape index (κ3) is 5.07. The Labute approximate surface area is 109 Å². The van der Waals surface area contributed by atoms with Crippen molar-refractivity contribution in [2.75, 3.05) is 0 Å². The number of hydrogen-bond acceptors (Lipinski definition) is 2. The van der Waals surface area contributed by atoms with Gasteiger partial charge in [0.25, 0.3) is 0 Å². The van der Waals surface area contributed by atoms with Crippen LogP contribution < -0.4 is 5.32 Å². The molecule has 2 N–H and O–H groups in total. The zero-order valence-electron chi connectivity index (χ0n) is 11.3. The zero-order chi connectivity index (χ0) is 13.4. The maximum atomic E-state index is 11.6. The third-order valence-electron chi connectivity index (χ3n) is 3.55. The van der Waals surface area contributed by atoms with Gasteiger partial charge < -0.3 is 10.4 Å². The van der Waals surface area contributed by atoms with E-state index in [0.717, 1.165) is 12.8 Å². The molecule has 1 aliphatic carbocycles. The van der Waals surface area contributed by atoms with Gasteiger partial charge in [-0.3, -0.25) is 4.79 Å². The van der Waals surface area contributed by atoms with Crippen LogP contribution in [0.2, 0.25) is 0 Å². The van der Waals surface area contributed by atoms with Gasteiger partial charge in [0, 0.05) is 6.42 Å². The Morgan fingerprint density at radius 3 is 2.11 bits per heavy atom. The molecular weight excluding hydrogens is 230 g/mol. The normalized spacial score (nSPS) is 16.3. The minimum atomic E-state index is -0.918. The fraction of sp³-hybridized carbons (Fsp3) is 0.857. The Hall–Kier alpha value is -1.06. The molecule has 0 aromatic heterocycles. The lowest BCUT2D eigenvalue weighted by molar-refractivity contribution is -0.143. The summed E-state index contributed by atoms with van der Waals surface area (Å²) in [5.41, 5.74) is -0.918. The Kier molecular flexibility index (Phi) is 6.16. The molecule has 0 unspecified atom stereocenters. The lowest BCUT2D eigenvalue weighted by Crippen LogP contribution is -2.42. The number of amides is 1. The molecule has 0 heterocycles. The zero-order valence-corrected chi connectivity index (χ0v) is 11.3. The number of hydrogen-bond donors (Lipinski definition) is 2. The Bertz CT molecular complexity index is 285. The fourth-order valence-electron chi connectivity index (χ4n) is 2.09. The number of carboxylic acid groups (broad SMARTS) is 1. The minimum Gasteiger partial charge on any atom is -0.480 e. The highest BCUT2D eigenvalue weighted by molar-refractivity contribution is 5.89. The molecule has 1 aliphatic rings. The largest absolute Gasteiger partial charge is 0.480 e. The first-order chi connectivity index (χ1) is 8.60. The molecule has 1 amide bonds. The molecule has 0 aromatic carbocycles. The smallest absolute Gasteiger partial charge is 0.329 e. The van der Waals surface area contributed by atoms with Gasteiger partial charge in [-0.2, -0.15) is 0 Å². The SMILES string of the molecule is CCCCCCCCCC(=O)NC1(C(=O)O)CC1. The molecule has 0 saturated heterocycles. The van der Waals surface area contributed by atoms with E-state index in [1.54, 1.807) is 0 Å². The number of carbonyl (C=O) groups excluding carboxylic acids is 1. The summed E-state index contributed by atoms with van der Waals surface area (Å²) in [6.45, 7) is 2.19. The van der Waals surface area contributed by atoms with Crippen LogP contribution in [-0.2, 0) is 9.59 Å². The van der Waals surface area contributed by atoms with Gasteiger partial charge in [-0.25, -0.2) is 4.79 Å². The van der Waals surface area contributed by atoms with Gasteiger partial charge in [-0.1, -0.05) is 45.4 Å². The van der Waals surface area contributed by atoms with E-state index in [9.17, 15) is 9.59 Å². The van der Waals surface area contributed by atoms with Crippen molar-refractivity contribution in [1.82, 2.24) is 5.32 Å². The number of carbonyl (C=O) groups is 2. The van der Waals surface area contributed by atoms with Crippen molar-refractivity contribution in [3.05, 3.63) is 0 Å². The predicted octanol–water partition coefficient (Wildman–Crippen LogP) is 2.86. The molecule has 0 aliphatic heterocycles. The van der Waals surface area contributed by atoms with Gasteiger partial charge in [0.15, 0.2) is 0 Å². The number of aliphatic carboxylic acids is 1. The van der Waals surface area contributed by atoms with Crippen molar-refractivity contribution in [3.8, 4) is 0 Å². The van der Waals surface area contributed by atoms with Gasteiger partial charge in [0.05, 0.1) is 0 Å². The lowest BCUT2D eigenvalue weighted by Gasteiger charge is -2.12. The highest BCUT2D eigenvalue weighted by Crippen LogP contribution is 2.35. The summed E-state index contributed by atoms with van der Waals surface area (Å²) in [4.78, 5) is 22.4. The van der Waals surface area contributed by atoms with E-state index < -0.39 is 11.5 Å². The summed E-state index contributed by atoms with van der Waals surface area (Å²) in [5, 5.41) is 11.6. The molecule has 1 rings (SSSR count). The minimum absolute atomic E-state index is 0.108. The Balaban J connectivity index is 1.99. The average Bonchev–Trinajstić information content (AvgIpc) is 3.09. The molecule has 0 aromatic rings. The molecule has 4 heteroatoms. The summed E-state index contributed by atoms with van der Waals surface area (Å²) in [7, 11) is 0. The van der Waals surface area contributed by atoms with Crippen LogP contribution in [0.5, 0.6) is 0 Å². The Morgan fingerprint density at radius 2 is 1.61 bits per heavy atom. The van der Waals surface area contributed by atoms with Crippen molar-refractivity contribution in [1.29, 1.82) is 0 Å². The van der Waals surface area contributed by atoms with Gasteiger partial charge >= 0.3 is 5.97 Å². The van der Waals surface area contributed by atoms with Crippen LogP contribution >= 0.6 is 0 Å². The second-order valence-corrected chi connectivity index (χ2v) is 5.31. The average molecular weight is 255 g/mol. The number of rotatable bonds is 10. The van der Waals surface area contributed by atoms with E-state index in [1.807, 2.05) is 0 Å². The van der Waals surface area contributed by atoms with Crippen LogP contribution in [0.4, 0.5) is 0 Å². The first-order valence-corrected chi connectivity index (χ1v) is 7.15. The van der Waals surface area contributed by atoms with Crippen molar-refractivity contribution < 1.29 is 14.7 Å². The summed E-state index contributed by atoms with van der Waals surface area (Å²) >= 11 is 0. The third-order valence-corrected chi connectivity index (χ3v) is 3.55. The number of unbranched alkanes of at least 4 members (excludes halogenated alkanes) is 6. The highest BCUT2D eigenvalue weighted by Gasteiger charge is 2.51. The molecule has 104 valence electrons. The second kappa shape index (κ2) is 7.39. The highest BCUT2D eigenvalue weighted by atomic mass is 16.4. The van der Waals surface area contributed by atoms with E-state index in [2.05, 4.69) is 12.2 Å². The topological polar surface area (TPSA) is 66.4 Å². The van der Waals surface area contributed by atoms with Gasteiger partial charge in [-0.05, 0) is 19.3 Å². The molecule has 0 bridgehead atoms. The number of nitrogens with one attached hydrogen (secondary N) is 1. The van der Waals surface area contributed by atoms with E-state index in [1.165, 1.54) is 32.1 Å². The van der Waals surface area contributed by atoms with Crippen LogP contribution in [0, 0.1) is 0 Å². The molecule has 18 heavy (non-hydrogen) atoms. The fourth-order valence-corrected chi connectivity index (χ4v) is 2.09. The molecule has 0 spiro atoms. The van der Waals surface area contributed by atoms with E-state index in [0.29, 0.717) is 19.3 Å². The van der Waals surface area contributed by atoms with Gasteiger partial charge in [0.2, 0.25) is 5.91 Å². The monoisotopic (exact) mass is 255 g/mol. The van der Waals surface area contributed by atoms with E-state index >= 15 is 0 Å². The molecule has 4 nitrogen and oxygen atoms in total. The lowest BCUT2D eigenvalue weighted by atomic mass is 10.1. The number of carboxylic acids is 1. The van der Waals surface area contributed by atoms with Gasteiger partial charge in [-0.15, -0.1) is 0 Å². The maximum absolute atomic E-state index is 11.6. The van der Waals surface area contributed by atoms with Crippen molar-refractivity contribution in [3.63, 3.8) is 0 Å². The van der Waals surface area contributed by atoms with Crippen molar-refractivity contribution in [2.24, 2.45) is 0 Å². The molecular formula is C14H25NO3. The van der Waals surface area contributed by atoms with Crippen LogP contribution in [0.25, 0.3) is 0 Å². The molecule has 1 fully saturated rings. The van der Waals surface area contributed by atoms with E-state index in [-0.39, 0.29) is 5.91 Å². The predicted molar refractivity (Wildman–Crippen MR) is 70.4 cm³/mol. The van der Waals surface area contributed by atoms with Crippen molar-refractivity contribution in [2.45, 2.75) is 76.7 Å². The summed E-state index contributed by atoms with van der Waals surface area (Å²) < 4.78 is 0. The van der Waals surface area contributed by atoms with Crippen LogP contribution in [0.1, 0.15) is 71.1 Å². The summed E-state index contributed by atoms with van der Waals surface area (Å²) in [5.74, 6) is -1.00. The van der Waals surface area contributed by atoms with Gasteiger partial charge in [0.1, 0.15) is 5.54 Å². The standard InChI is InChI=1S/C14H25NO3/c1-2-3-4-5-6-7-8-9-12(16)15-14(10-11-14)13(17)18/h2-11H2,1H3,(H,15,16)(H,17,18). The quantitative estimate of drug-likeness (QED) is 0.590. The van der Waals surface area contributed by atoms with Crippen LogP contribution in [0.15, 0.2) is 0 Å². The van der Waals surface area contributed by atoms with Crippen LogP contribution in [-0.4, -0.2) is 22.5 Å². The maximum Gasteiger partial charge on any atom is 0.329 e.